The average Bonchev–Trinajstić information content (AvgIpc) is 3.47. The number of fused-ring (bicyclic) bond motifs is 1. The minimum atomic E-state index is -0.788. The van der Waals surface area contributed by atoms with Gasteiger partial charge in [0.25, 0.3) is 5.56 Å². The summed E-state index contributed by atoms with van der Waals surface area (Å²) in [6.07, 6.45) is 4.72. The first-order chi connectivity index (χ1) is 22.8. The average molecular weight is 638 g/mol. The lowest BCUT2D eigenvalue weighted by atomic mass is 9.93. The van der Waals surface area contributed by atoms with Crippen LogP contribution in [0.2, 0.25) is 0 Å². The molecular weight excluding hydrogens is 600 g/mol. The second-order valence-corrected chi connectivity index (χ2v) is 12.1. The van der Waals surface area contributed by atoms with Crippen LogP contribution in [0.4, 0.5) is 8.78 Å². The van der Waals surface area contributed by atoms with Gasteiger partial charge in [0.2, 0.25) is 0 Å². The molecule has 2 heterocycles. The molecule has 1 atom stereocenters. The zero-order valence-electron chi connectivity index (χ0n) is 26.3. The number of nitrogens with zero attached hydrogens (tertiary/aromatic N) is 3. The molecule has 1 aliphatic rings. The van der Waals surface area contributed by atoms with Crippen LogP contribution in [-0.4, -0.2) is 32.5 Å². The van der Waals surface area contributed by atoms with Crippen molar-refractivity contribution in [1.82, 2.24) is 14.1 Å². The number of hydrogen-bond donors (Lipinski definition) is 0. The van der Waals surface area contributed by atoms with Gasteiger partial charge in [-0.2, -0.15) is 0 Å². The Labute approximate surface area is 271 Å². The van der Waals surface area contributed by atoms with Gasteiger partial charge in [-0.25, -0.2) is 13.8 Å². The summed E-state index contributed by atoms with van der Waals surface area (Å²) in [6.45, 7) is 1.87. The minimum absolute atomic E-state index is 0.0102. The number of ether oxygens (including phenoxy) is 1. The molecule has 0 N–H and O–H groups in total. The Hall–Kier alpha value is -4.92. The number of aromatic nitrogens is 3. The van der Waals surface area contributed by atoms with Crippen LogP contribution >= 0.6 is 0 Å². The van der Waals surface area contributed by atoms with Crippen LogP contribution in [0.25, 0.3) is 22.4 Å². The molecular formula is C38H37F2N3O4. The van der Waals surface area contributed by atoms with Gasteiger partial charge >= 0.3 is 5.97 Å². The van der Waals surface area contributed by atoms with Gasteiger partial charge in [0.1, 0.15) is 23.0 Å². The Morgan fingerprint density at radius 1 is 0.915 bits per heavy atom. The summed E-state index contributed by atoms with van der Waals surface area (Å²) < 4.78 is 37.7. The van der Waals surface area contributed by atoms with Crippen LogP contribution in [0.5, 0.6) is 0 Å². The third-order valence-corrected chi connectivity index (χ3v) is 8.92. The van der Waals surface area contributed by atoms with E-state index in [1.54, 1.807) is 43.3 Å². The van der Waals surface area contributed by atoms with Crippen molar-refractivity contribution in [2.75, 3.05) is 6.61 Å². The normalized spacial score (nSPS) is 14.3. The highest BCUT2D eigenvalue weighted by Gasteiger charge is 2.30. The first kappa shape index (κ1) is 32.0. The molecule has 1 saturated carbocycles. The number of halogens is 2. The molecule has 0 radical (unpaired) electrons. The Bertz CT molecular complexity index is 1940. The van der Waals surface area contributed by atoms with E-state index in [9.17, 15) is 18.8 Å². The second-order valence-electron chi connectivity index (χ2n) is 12.1. The molecule has 5 aromatic rings. The molecule has 0 amide bonds. The van der Waals surface area contributed by atoms with Crippen molar-refractivity contribution in [2.45, 2.75) is 64.5 Å². The molecule has 0 unspecified atom stereocenters. The molecule has 0 spiro atoms. The van der Waals surface area contributed by atoms with Crippen molar-refractivity contribution >= 4 is 22.8 Å². The number of hydrogen-bond acceptors (Lipinski definition) is 5. The lowest BCUT2D eigenvalue weighted by molar-refractivity contribution is -0.147. The van der Waals surface area contributed by atoms with E-state index in [1.807, 2.05) is 34.9 Å². The summed E-state index contributed by atoms with van der Waals surface area (Å²) >= 11 is 0. The maximum absolute atomic E-state index is 15.3. The van der Waals surface area contributed by atoms with Crippen LogP contribution in [0, 0.1) is 17.6 Å². The maximum Gasteiger partial charge on any atom is 0.309 e. The van der Waals surface area contributed by atoms with Gasteiger partial charge < -0.3 is 9.30 Å². The molecule has 0 bridgehead atoms. The summed E-state index contributed by atoms with van der Waals surface area (Å²) in [4.78, 5) is 46.7. The smallest absolute Gasteiger partial charge is 0.309 e. The first-order valence-electron chi connectivity index (χ1n) is 16.2. The van der Waals surface area contributed by atoms with E-state index in [0.29, 0.717) is 16.9 Å². The summed E-state index contributed by atoms with van der Waals surface area (Å²) in [7, 11) is 0. The van der Waals surface area contributed by atoms with Gasteiger partial charge in [-0.05, 0) is 67.6 Å². The Morgan fingerprint density at radius 2 is 1.62 bits per heavy atom. The molecule has 1 fully saturated rings. The number of benzene rings is 3. The molecule has 7 nitrogen and oxygen atoms in total. The second kappa shape index (κ2) is 14.2. The number of carbonyl (C=O) groups excluding carboxylic acids is 2. The topological polar surface area (TPSA) is 83.2 Å². The lowest BCUT2D eigenvalue weighted by Crippen LogP contribution is -2.31. The van der Waals surface area contributed by atoms with Crippen LogP contribution in [-0.2, 0) is 22.5 Å². The van der Waals surface area contributed by atoms with Gasteiger partial charge in [-0.1, -0.05) is 73.9 Å². The molecule has 3 aromatic carbocycles. The van der Waals surface area contributed by atoms with E-state index >= 15 is 4.39 Å². The van der Waals surface area contributed by atoms with Crippen LogP contribution in [0.15, 0.2) is 89.7 Å². The first-order valence-corrected chi connectivity index (χ1v) is 16.2. The van der Waals surface area contributed by atoms with Gasteiger partial charge in [-0.3, -0.25) is 19.0 Å². The minimum Gasteiger partial charge on any atom is -0.466 e. The molecule has 9 heteroatoms. The van der Waals surface area contributed by atoms with Crippen LogP contribution in [0.3, 0.4) is 0 Å². The van der Waals surface area contributed by atoms with Gasteiger partial charge in [0.15, 0.2) is 5.78 Å². The van der Waals surface area contributed by atoms with E-state index in [4.69, 9.17) is 9.72 Å². The zero-order valence-corrected chi connectivity index (χ0v) is 26.3. The van der Waals surface area contributed by atoms with E-state index in [0.717, 1.165) is 37.7 Å². The highest BCUT2D eigenvalue weighted by Crippen LogP contribution is 2.36. The van der Waals surface area contributed by atoms with Gasteiger partial charge in [0, 0.05) is 12.5 Å². The van der Waals surface area contributed by atoms with E-state index in [1.165, 1.54) is 22.8 Å². The van der Waals surface area contributed by atoms with Gasteiger partial charge in [-0.15, -0.1) is 0 Å². The number of imidazole rings is 1. The Balaban J connectivity index is 1.52. The number of rotatable bonds is 11. The molecule has 6 rings (SSSR count). The number of carbonyl (C=O) groups is 2. The van der Waals surface area contributed by atoms with Gasteiger partial charge in [0.05, 0.1) is 35.8 Å². The SMILES string of the molecule is CCOC(=O)[C@@H](CC(=O)c1cc2nc(-c3ccccc3F)n(C3CCCCC3)c2c(=O)n1Cc1ccc(F)cc1)Cc1ccccc1. The lowest BCUT2D eigenvalue weighted by Gasteiger charge is -2.26. The summed E-state index contributed by atoms with van der Waals surface area (Å²) in [5.41, 5.74) is 1.96. The molecule has 47 heavy (non-hydrogen) atoms. The monoisotopic (exact) mass is 637 g/mol. The number of Topliss-reactive ketones (excluding diaryl/α,β-unsaturated/α-hetero) is 1. The molecule has 0 saturated heterocycles. The highest BCUT2D eigenvalue weighted by atomic mass is 19.1. The van der Waals surface area contributed by atoms with Crippen molar-refractivity contribution in [3.8, 4) is 11.4 Å². The fourth-order valence-corrected chi connectivity index (χ4v) is 6.62. The van der Waals surface area contributed by atoms with E-state index in [2.05, 4.69) is 0 Å². The largest absolute Gasteiger partial charge is 0.466 e. The Morgan fingerprint density at radius 3 is 2.32 bits per heavy atom. The van der Waals surface area contributed by atoms with Crippen molar-refractivity contribution in [1.29, 1.82) is 0 Å². The molecule has 1 aliphatic carbocycles. The van der Waals surface area contributed by atoms with Crippen molar-refractivity contribution in [3.05, 3.63) is 124 Å². The molecule has 242 valence electrons. The maximum atomic E-state index is 15.3. The molecule has 0 aliphatic heterocycles. The number of esters is 1. The predicted molar refractivity (Wildman–Crippen MR) is 176 cm³/mol. The van der Waals surface area contributed by atoms with E-state index in [-0.39, 0.29) is 48.8 Å². The predicted octanol–water partition coefficient (Wildman–Crippen LogP) is 7.69. The number of ketones is 1. The summed E-state index contributed by atoms with van der Waals surface area (Å²) in [5.74, 6) is -2.25. The Kier molecular flexibility index (Phi) is 9.71. The van der Waals surface area contributed by atoms with E-state index < -0.39 is 34.9 Å². The summed E-state index contributed by atoms with van der Waals surface area (Å²) in [5, 5.41) is 0. The fraction of sp³-hybridized carbons (Fsp3) is 0.316. The third-order valence-electron chi connectivity index (χ3n) is 8.92. The van der Waals surface area contributed by atoms with Crippen LogP contribution < -0.4 is 5.56 Å². The quantitative estimate of drug-likeness (QED) is 0.110. The van der Waals surface area contributed by atoms with Crippen molar-refractivity contribution in [2.24, 2.45) is 5.92 Å². The van der Waals surface area contributed by atoms with Crippen molar-refractivity contribution in [3.63, 3.8) is 0 Å². The fourth-order valence-electron chi connectivity index (χ4n) is 6.62. The molecule has 2 aromatic heterocycles. The zero-order chi connectivity index (χ0) is 32.9. The van der Waals surface area contributed by atoms with Crippen molar-refractivity contribution < 1.29 is 23.1 Å². The third kappa shape index (κ3) is 6.94. The highest BCUT2D eigenvalue weighted by molar-refractivity contribution is 5.99. The summed E-state index contributed by atoms with van der Waals surface area (Å²) in [6, 6.07) is 23.0. The number of pyridine rings is 1. The van der Waals surface area contributed by atoms with Crippen LogP contribution in [0.1, 0.15) is 73.1 Å². The standard InChI is InChI=1S/C38H37F2N3O4/c1-2-47-38(46)27(21-25-11-5-3-6-12-25)22-34(44)33-23-32-35(37(45)42(33)24-26-17-19-28(39)20-18-26)43(29-13-7-4-8-14-29)36(41-32)30-15-9-10-16-31(30)40/h3,5-6,9-12,15-20,23,27,29H,2,4,7-8,13-14,21-22,24H2,1H3/t27-/m1/s1.